The Morgan fingerprint density at radius 3 is 1.92 bits per heavy atom. The monoisotopic (exact) mass is 1030 g/mol. The van der Waals surface area contributed by atoms with E-state index in [1.807, 2.05) is 20.8 Å². The Bertz CT molecular complexity index is 2620. The molecule has 2 bridgehead atoms. The number of Topliss-reactive ketones (excluding diaryl/α,β-unsaturated/α-hetero) is 1. The third-order valence-corrected chi connectivity index (χ3v) is 20.6. The van der Waals surface area contributed by atoms with Gasteiger partial charge in [0.25, 0.3) is 11.0 Å². The van der Waals surface area contributed by atoms with Gasteiger partial charge in [-0.2, -0.15) is 0 Å². The number of esters is 4. The third-order valence-electron chi connectivity index (χ3n) is 16.0. The first kappa shape index (κ1) is 54.5. The number of fused-ring (bicyclic) bond motifs is 5. The van der Waals surface area contributed by atoms with Crippen molar-refractivity contribution in [3.63, 3.8) is 0 Å². The number of amides is 1. The largest absolute Gasteiger partial charge is 0.456 e. The van der Waals surface area contributed by atoms with Crippen LogP contribution >= 0.6 is 0 Å². The summed E-state index contributed by atoms with van der Waals surface area (Å²) in [5.41, 5.74) is -8.31. The van der Waals surface area contributed by atoms with Crippen LogP contribution < -0.4 is 5.32 Å². The number of nitrogens with one attached hydrogen (secondary N) is 1. The van der Waals surface area contributed by atoms with Gasteiger partial charge in [-0.05, 0) is 73.0 Å². The number of hydrogen-bond acceptors (Lipinski definition) is 17. The fraction of sp³-hybridized carbons (Fsp3) is 0.509. The van der Waals surface area contributed by atoms with E-state index in [0.717, 1.165) is 13.8 Å². The molecule has 2 saturated carbocycles. The molecule has 20 heteroatoms. The van der Waals surface area contributed by atoms with Crippen LogP contribution in [0.5, 0.6) is 0 Å². The molecule has 3 N–H and O–H groups in total. The number of rotatable bonds is 17. The molecule has 3 aromatic rings. The molecule has 1 unspecified atom stereocenters. The zero-order valence-corrected chi connectivity index (χ0v) is 43.4. The van der Waals surface area contributed by atoms with Crippen molar-refractivity contribution < 1.29 is 77.0 Å². The Morgan fingerprint density at radius 2 is 1.41 bits per heavy atom. The smallest absolute Gasteiger partial charge is 0.338 e. The summed E-state index contributed by atoms with van der Waals surface area (Å²) < 4.78 is 37.9. The molecule has 1 amide bonds. The van der Waals surface area contributed by atoms with Gasteiger partial charge in [0.2, 0.25) is 0 Å². The molecule has 4 aliphatic rings. The van der Waals surface area contributed by atoms with Gasteiger partial charge in [-0.25, -0.2) is 9.59 Å². The Morgan fingerprint density at radius 1 is 0.849 bits per heavy atom. The number of hydrogen-bond donors (Lipinski definition) is 3. The number of nitrogens with zero attached hydrogens (tertiary/aromatic N) is 1. The molecule has 392 valence electrons. The van der Waals surface area contributed by atoms with E-state index in [9.17, 15) is 39.5 Å². The highest BCUT2D eigenvalue weighted by atomic mass is 28.4. The first-order valence-electron chi connectivity index (χ1n) is 24.5. The van der Waals surface area contributed by atoms with Crippen LogP contribution in [-0.2, 0) is 52.1 Å². The van der Waals surface area contributed by atoms with Crippen LogP contribution in [0.25, 0.3) is 0 Å². The second kappa shape index (κ2) is 20.9. The lowest BCUT2D eigenvalue weighted by molar-refractivity contribution is -0.776. The Labute approximate surface area is 424 Å². The summed E-state index contributed by atoms with van der Waals surface area (Å²) in [6.45, 7) is 13.1. The number of aliphatic hydroxyl groups excluding tert-OH is 1. The van der Waals surface area contributed by atoms with Crippen molar-refractivity contribution in [1.82, 2.24) is 5.32 Å². The van der Waals surface area contributed by atoms with E-state index in [-0.39, 0.29) is 16.7 Å². The number of benzene rings is 3. The molecular formula is C53H64N2O17Si. The van der Waals surface area contributed by atoms with Gasteiger partial charge >= 0.3 is 23.9 Å². The van der Waals surface area contributed by atoms with E-state index in [2.05, 4.69) is 5.32 Å². The van der Waals surface area contributed by atoms with Crippen molar-refractivity contribution in [2.75, 3.05) is 6.61 Å². The first-order chi connectivity index (χ1) is 34.5. The molecule has 0 aromatic heterocycles. The lowest BCUT2D eigenvalue weighted by Crippen LogP contribution is -2.85. The molecule has 1 aliphatic heterocycles. The number of carbonyl (C=O) groups is 6. The highest BCUT2D eigenvalue weighted by Crippen LogP contribution is 2.65. The maximum Gasteiger partial charge on any atom is 0.338 e. The molecule has 0 radical (unpaired) electrons. The van der Waals surface area contributed by atoms with Crippen molar-refractivity contribution in [2.24, 2.45) is 16.7 Å². The third kappa shape index (κ3) is 9.59. The van der Waals surface area contributed by atoms with Crippen LogP contribution in [0, 0.1) is 26.9 Å². The Balaban J connectivity index is 1.47. The summed E-state index contributed by atoms with van der Waals surface area (Å²) in [7, 11) is -2.81. The van der Waals surface area contributed by atoms with E-state index in [1.54, 1.807) is 78.9 Å². The van der Waals surface area contributed by atoms with Crippen molar-refractivity contribution in [1.29, 1.82) is 0 Å². The van der Waals surface area contributed by atoms with Gasteiger partial charge in [-0.3, -0.25) is 19.2 Å². The lowest BCUT2D eigenvalue weighted by atomic mass is 9.44. The predicted octanol–water partition coefficient (Wildman–Crippen LogP) is 5.95. The van der Waals surface area contributed by atoms with Crippen LogP contribution in [0.3, 0.4) is 0 Å². The SMILES string of the molecule is CC[Si](CC)(CC)O[C@@H](C(=O)O[C@H]1C[C@@]2(O)[C@@H](OC(=O)c3ccccc3)C3[C@](C)(C(=O)[C@H](OC(C)=O)C(=C1C)C2(C)C)[C@@H](O)[C@H](O[N+](=O)[O-])[C@H]1OC[C@@]31OC(C)=O)[C@@H](NC(=O)c1ccccc1)c1ccccc1. The predicted molar refractivity (Wildman–Crippen MR) is 261 cm³/mol. The molecule has 73 heavy (non-hydrogen) atoms. The molecule has 3 aliphatic carbocycles. The first-order valence-corrected chi connectivity index (χ1v) is 27.0. The summed E-state index contributed by atoms with van der Waals surface area (Å²) in [5.74, 6) is -7.48. The minimum atomic E-state index is -2.81. The zero-order chi connectivity index (χ0) is 53.4. The quantitative estimate of drug-likeness (QED) is 0.0352. The molecule has 0 spiro atoms. The van der Waals surface area contributed by atoms with Crippen LogP contribution in [0.2, 0.25) is 18.1 Å². The topological polar surface area (TPSA) is 263 Å². The number of ether oxygens (including phenoxy) is 5. The second-order valence-electron chi connectivity index (χ2n) is 20.1. The van der Waals surface area contributed by atoms with E-state index in [4.69, 9.17) is 32.9 Å². The van der Waals surface area contributed by atoms with Crippen LogP contribution in [-0.4, -0.2) is 120 Å². The average Bonchev–Trinajstić information content (AvgIpc) is 3.35. The lowest BCUT2D eigenvalue weighted by Gasteiger charge is -2.68. The minimum Gasteiger partial charge on any atom is -0.456 e. The van der Waals surface area contributed by atoms with Crippen molar-refractivity contribution in [2.45, 2.75) is 147 Å². The molecule has 1 saturated heterocycles. The second-order valence-corrected chi connectivity index (χ2v) is 24.8. The average molecular weight is 1030 g/mol. The van der Waals surface area contributed by atoms with Crippen LogP contribution in [0.4, 0.5) is 0 Å². The highest BCUT2D eigenvalue weighted by Gasteiger charge is 2.81. The number of aliphatic hydroxyl groups is 2. The fourth-order valence-corrected chi connectivity index (χ4v) is 14.6. The summed E-state index contributed by atoms with van der Waals surface area (Å²) in [6, 6.07) is 25.3. The molecular weight excluding hydrogens is 965 g/mol. The molecule has 3 aromatic carbocycles. The fourth-order valence-electron chi connectivity index (χ4n) is 11.8. The molecule has 12 atom stereocenters. The van der Waals surface area contributed by atoms with Gasteiger partial charge in [0, 0.05) is 31.2 Å². The Kier molecular flexibility index (Phi) is 15.6. The molecule has 19 nitrogen and oxygen atoms in total. The van der Waals surface area contributed by atoms with E-state index < -0.39 is 139 Å². The van der Waals surface area contributed by atoms with Crippen molar-refractivity contribution in [3.05, 3.63) is 129 Å². The maximum absolute atomic E-state index is 16.0. The van der Waals surface area contributed by atoms with E-state index in [0.29, 0.717) is 29.3 Å². The zero-order valence-electron chi connectivity index (χ0n) is 42.4. The van der Waals surface area contributed by atoms with Gasteiger partial charge in [-0.1, -0.05) is 101 Å². The minimum absolute atomic E-state index is 0.0173. The summed E-state index contributed by atoms with van der Waals surface area (Å²) in [5, 5.41) is 40.5. The molecule has 1 heterocycles. The van der Waals surface area contributed by atoms with E-state index >= 15 is 9.59 Å². The van der Waals surface area contributed by atoms with Gasteiger partial charge in [0.05, 0.1) is 35.6 Å². The summed E-state index contributed by atoms with van der Waals surface area (Å²) in [6.07, 6.45) is -13.7. The summed E-state index contributed by atoms with van der Waals surface area (Å²) in [4.78, 5) is 104. The normalized spacial score (nSPS) is 30.0. The van der Waals surface area contributed by atoms with Gasteiger partial charge in [0.15, 0.2) is 38.0 Å². The van der Waals surface area contributed by atoms with Gasteiger partial charge in [-0.15, -0.1) is 10.1 Å². The van der Waals surface area contributed by atoms with E-state index in [1.165, 1.54) is 39.8 Å². The molecule has 3 fully saturated rings. The molecule has 7 rings (SSSR count). The number of carbonyl (C=O) groups excluding carboxylic acids is 6. The Hall–Kier alpha value is -6.32. The van der Waals surface area contributed by atoms with Gasteiger partial charge in [0.1, 0.15) is 23.9 Å². The highest BCUT2D eigenvalue weighted by molar-refractivity contribution is 6.73. The van der Waals surface area contributed by atoms with Crippen LogP contribution in [0.1, 0.15) is 101 Å². The maximum atomic E-state index is 16.0. The number of ketones is 1. The van der Waals surface area contributed by atoms with Crippen molar-refractivity contribution in [3.8, 4) is 0 Å². The van der Waals surface area contributed by atoms with Crippen LogP contribution in [0.15, 0.2) is 102 Å². The van der Waals surface area contributed by atoms with Gasteiger partial charge < -0.3 is 48.5 Å². The summed E-state index contributed by atoms with van der Waals surface area (Å²) >= 11 is 0. The standard InChI is InChI=1S/C53H64N2O17Si/c1-10-73(11-2,12-3)72-40(38(33-22-16-13-17-23-33)54-47(60)34-24-18-14-19-25-34)49(62)68-36-28-53(63)46(69-48(61)35-26-20-15-21-27-35)42-51(9,43(58)39(67-31(5)56)37(30(36)4)50(53,7)8)44(59)41(71-55(64)65)45-52(42,29-66-45)70-32(6)57/h13-27,36,38-42,44-46,59,63H,10-12,28-29H2,1-9H3,(H,54,60)/t36-,38-,39+,40+,41-,42?,44-,45+,46-,51+,52+,53+/m0/s1. The van der Waals surface area contributed by atoms with Crippen molar-refractivity contribution >= 4 is 43.9 Å².